The fourth-order valence-electron chi connectivity index (χ4n) is 5.71. The second kappa shape index (κ2) is 9.45. The minimum absolute atomic E-state index is 0.121. The smallest absolute Gasteiger partial charge is 0.302 e. The Morgan fingerprint density at radius 1 is 1.19 bits per heavy atom. The van der Waals surface area contributed by atoms with Gasteiger partial charge in [-0.15, -0.1) is 0 Å². The summed E-state index contributed by atoms with van der Waals surface area (Å²) in [4.78, 5) is 11.2. The topological polar surface area (TPSA) is 126 Å². The van der Waals surface area contributed by atoms with Gasteiger partial charge in [-0.25, -0.2) is 0 Å². The molecule has 1 heterocycles. The van der Waals surface area contributed by atoms with E-state index in [1.807, 2.05) is 0 Å². The molecule has 0 bridgehead atoms. The zero-order chi connectivity index (χ0) is 23.1. The van der Waals surface area contributed by atoms with Crippen LogP contribution in [-0.2, 0) is 19.0 Å². The average molecular weight is 443 g/mol. The summed E-state index contributed by atoms with van der Waals surface area (Å²) in [5, 5.41) is 42.1. The first-order chi connectivity index (χ1) is 14.5. The summed E-state index contributed by atoms with van der Waals surface area (Å²) in [6.45, 7) is 11.6. The maximum absolute atomic E-state index is 11.2. The maximum Gasteiger partial charge on any atom is 0.302 e. The SMILES string of the molecule is C=C1CC[C@@H](O)[C@@]2(C)CC[C@@H](C(C)C)[C@@H](O[C@H]3O[C@@H](COC(C)=O)[C@@H](O)[C@@H](O)[C@H]3O)[C@@H]12. The molecule has 2 saturated carbocycles. The first-order valence-corrected chi connectivity index (χ1v) is 11.3. The minimum atomic E-state index is -1.51. The van der Waals surface area contributed by atoms with Crippen molar-refractivity contribution in [2.45, 2.75) is 96.3 Å². The molecule has 3 rings (SSSR count). The molecule has 0 aromatic carbocycles. The van der Waals surface area contributed by atoms with E-state index >= 15 is 0 Å². The van der Waals surface area contributed by atoms with Crippen molar-refractivity contribution in [2.75, 3.05) is 6.61 Å². The fraction of sp³-hybridized carbons (Fsp3) is 0.870. The first-order valence-electron chi connectivity index (χ1n) is 11.3. The molecule has 0 aromatic rings. The van der Waals surface area contributed by atoms with E-state index in [0.717, 1.165) is 18.4 Å². The van der Waals surface area contributed by atoms with Crippen molar-refractivity contribution in [3.05, 3.63) is 12.2 Å². The van der Waals surface area contributed by atoms with Crippen molar-refractivity contribution in [3.8, 4) is 0 Å². The molecule has 2 aliphatic carbocycles. The van der Waals surface area contributed by atoms with Gasteiger partial charge in [0, 0.05) is 18.3 Å². The molecule has 0 radical (unpaired) electrons. The molecule has 31 heavy (non-hydrogen) atoms. The summed E-state index contributed by atoms with van der Waals surface area (Å²) in [7, 11) is 0. The van der Waals surface area contributed by atoms with Crippen LogP contribution in [0.25, 0.3) is 0 Å². The van der Waals surface area contributed by atoms with E-state index in [4.69, 9.17) is 14.2 Å². The lowest BCUT2D eigenvalue weighted by molar-refractivity contribution is -0.327. The van der Waals surface area contributed by atoms with Crippen molar-refractivity contribution in [1.29, 1.82) is 0 Å². The minimum Gasteiger partial charge on any atom is -0.463 e. The van der Waals surface area contributed by atoms with E-state index in [2.05, 4.69) is 27.4 Å². The van der Waals surface area contributed by atoms with E-state index in [1.54, 1.807) is 0 Å². The predicted molar refractivity (Wildman–Crippen MR) is 112 cm³/mol. The van der Waals surface area contributed by atoms with Crippen LogP contribution in [0, 0.1) is 23.2 Å². The van der Waals surface area contributed by atoms with Gasteiger partial charge in [-0.1, -0.05) is 32.9 Å². The molecule has 178 valence electrons. The third-order valence-electron chi connectivity index (χ3n) is 7.68. The number of aliphatic hydroxyl groups is 4. The number of carbonyl (C=O) groups excluding carboxylic acids is 1. The molecule has 0 unspecified atom stereocenters. The van der Waals surface area contributed by atoms with E-state index in [1.165, 1.54) is 6.92 Å². The van der Waals surface area contributed by atoms with Gasteiger partial charge in [0.2, 0.25) is 0 Å². The summed E-state index contributed by atoms with van der Waals surface area (Å²) >= 11 is 0. The van der Waals surface area contributed by atoms with Crippen molar-refractivity contribution in [3.63, 3.8) is 0 Å². The average Bonchev–Trinajstić information content (AvgIpc) is 2.70. The highest BCUT2D eigenvalue weighted by Gasteiger charge is 2.56. The summed E-state index contributed by atoms with van der Waals surface area (Å²) in [5.41, 5.74) is 0.630. The van der Waals surface area contributed by atoms with Crippen molar-refractivity contribution in [1.82, 2.24) is 0 Å². The van der Waals surface area contributed by atoms with E-state index < -0.39 is 42.8 Å². The Balaban J connectivity index is 1.86. The highest BCUT2D eigenvalue weighted by Crippen LogP contribution is 2.56. The number of fused-ring (bicyclic) bond motifs is 1. The van der Waals surface area contributed by atoms with Crippen LogP contribution in [0.2, 0.25) is 0 Å². The molecule has 10 atom stereocenters. The zero-order valence-corrected chi connectivity index (χ0v) is 18.9. The van der Waals surface area contributed by atoms with E-state index in [0.29, 0.717) is 12.8 Å². The summed E-state index contributed by atoms with van der Waals surface area (Å²) in [6.07, 6.45) is -4.40. The molecule has 0 amide bonds. The molecule has 8 nitrogen and oxygen atoms in total. The van der Waals surface area contributed by atoms with Gasteiger partial charge < -0.3 is 34.6 Å². The van der Waals surface area contributed by atoms with Gasteiger partial charge in [-0.2, -0.15) is 0 Å². The van der Waals surface area contributed by atoms with Crippen LogP contribution in [0.5, 0.6) is 0 Å². The second-order valence-electron chi connectivity index (χ2n) is 10.1. The van der Waals surface area contributed by atoms with Crippen LogP contribution in [0.1, 0.15) is 53.4 Å². The van der Waals surface area contributed by atoms with Gasteiger partial charge in [0.15, 0.2) is 6.29 Å². The van der Waals surface area contributed by atoms with Crippen LogP contribution in [-0.4, -0.2) is 75.9 Å². The lowest BCUT2D eigenvalue weighted by Gasteiger charge is -2.56. The van der Waals surface area contributed by atoms with Crippen LogP contribution < -0.4 is 0 Å². The fourth-order valence-corrected chi connectivity index (χ4v) is 5.71. The molecular formula is C23H38O8. The number of rotatable bonds is 5. The number of esters is 1. The molecule has 8 heteroatoms. The molecule has 0 spiro atoms. The standard InChI is InChI=1S/C23H38O8/c1-11(2)14-8-9-23(5)16(25)7-6-12(3)17(23)21(14)31-22-20(28)19(27)18(26)15(30-22)10-29-13(4)24/h11,14-22,25-28H,3,6-10H2,1-2,4-5H3/t14-,15-,16+,17+,18+,19+,20+,21+,22+,23+/m0/s1. The molecular weight excluding hydrogens is 404 g/mol. The second-order valence-corrected chi connectivity index (χ2v) is 10.1. The Bertz CT molecular complexity index is 666. The lowest BCUT2D eigenvalue weighted by atomic mass is 9.53. The van der Waals surface area contributed by atoms with Gasteiger partial charge in [-0.05, 0) is 37.5 Å². The summed E-state index contributed by atoms with van der Waals surface area (Å²) < 4.78 is 17.1. The molecule has 3 fully saturated rings. The third-order valence-corrected chi connectivity index (χ3v) is 7.68. The Hall–Kier alpha value is -1.03. The normalized spacial score (nSPS) is 46.0. The summed E-state index contributed by atoms with van der Waals surface area (Å²) in [6, 6.07) is 0. The lowest BCUT2D eigenvalue weighted by Crippen LogP contribution is -2.62. The molecule has 4 N–H and O–H groups in total. The van der Waals surface area contributed by atoms with Crippen LogP contribution in [0.4, 0.5) is 0 Å². The largest absolute Gasteiger partial charge is 0.463 e. The highest BCUT2D eigenvalue weighted by atomic mass is 16.7. The molecule has 0 aromatic heterocycles. The van der Waals surface area contributed by atoms with Crippen molar-refractivity contribution in [2.24, 2.45) is 23.2 Å². The molecule has 1 aliphatic heterocycles. The zero-order valence-electron chi connectivity index (χ0n) is 18.9. The van der Waals surface area contributed by atoms with Gasteiger partial charge in [0.25, 0.3) is 0 Å². The van der Waals surface area contributed by atoms with Gasteiger partial charge in [0.1, 0.15) is 31.0 Å². The number of ether oxygens (including phenoxy) is 3. The predicted octanol–water partition coefficient (Wildman–Crippen LogP) is 1.14. The Morgan fingerprint density at radius 2 is 1.87 bits per heavy atom. The quantitative estimate of drug-likeness (QED) is 0.369. The first kappa shape index (κ1) is 24.6. The van der Waals surface area contributed by atoms with Gasteiger partial charge in [0.05, 0.1) is 12.2 Å². The molecule has 1 saturated heterocycles. The highest BCUT2D eigenvalue weighted by molar-refractivity contribution is 5.65. The third kappa shape index (κ3) is 4.70. The number of carbonyl (C=O) groups is 1. The monoisotopic (exact) mass is 442 g/mol. The summed E-state index contributed by atoms with van der Waals surface area (Å²) in [5.74, 6) is -0.227. The Morgan fingerprint density at radius 3 is 2.48 bits per heavy atom. The van der Waals surface area contributed by atoms with Crippen LogP contribution in [0.3, 0.4) is 0 Å². The number of aliphatic hydroxyl groups excluding tert-OH is 4. The van der Waals surface area contributed by atoms with Gasteiger partial charge >= 0.3 is 5.97 Å². The van der Waals surface area contributed by atoms with Crippen molar-refractivity contribution < 1.29 is 39.4 Å². The Labute approximate surface area is 184 Å². The van der Waals surface area contributed by atoms with E-state index in [-0.39, 0.29) is 35.9 Å². The van der Waals surface area contributed by atoms with Gasteiger partial charge in [-0.3, -0.25) is 4.79 Å². The Kier molecular flexibility index (Phi) is 7.50. The number of hydrogen-bond donors (Lipinski definition) is 4. The molecule has 3 aliphatic rings. The maximum atomic E-state index is 11.2. The number of hydrogen-bond acceptors (Lipinski definition) is 8. The van der Waals surface area contributed by atoms with Crippen LogP contribution >= 0.6 is 0 Å². The van der Waals surface area contributed by atoms with Crippen LogP contribution in [0.15, 0.2) is 12.2 Å². The van der Waals surface area contributed by atoms with Crippen molar-refractivity contribution >= 4 is 5.97 Å². The van der Waals surface area contributed by atoms with E-state index in [9.17, 15) is 25.2 Å².